The second kappa shape index (κ2) is 7.75. The van der Waals surface area contributed by atoms with Crippen molar-refractivity contribution in [2.45, 2.75) is 13.0 Å². The number of nitrogens with one attached hydrogen (secondary N) is 1. The Morgan fingerprint density at radius 2 is 1.86 bits per heavy atom. The Labute approximate surface area is 137 Å². The topological polar surface area (TPSA) is 55.4 Å². The van der Waals surface area contributed by atoms with Crippen LogP contribution in [0.3, 0.4) is 0 Å². The number of hydrogen-bond acceptors (Lipinski definition) is 3. The van der Waals surface area contributed by atoms with Crippen molar-refractivity contribution in [3.63, 3.8) is 0 Å². The van der Waals surface area contributed by atoms with Gasteiger partial charge < -0.3 is 10.1 Å². The van der Waals surface area contributed by atoms with Gasteiger partial charge in [0.05, 0.1) is 11.6 Å². The van der Waals surface area contributed by atoms with Gasteiger partial charge in [-0.25, -0.2) is 4.79 Å². The van der Waals surface area contributed by atoms with Gasteiger partial charge in [0.25, 0.3) is 5.91 Å². The Bertz CT molecular complexity index is 658. The van der Waals surface area contributed by atoms with Gasteiger partial charge in [0.2, 0.25) is 0 Å². The highest BCUT2D eigenvalue weighted by atomic mass is 79.9. The number of benzene rings is 2. The molecule has 0 aliphatic rings. The van der Waals surface area contributed by atoms with Gasteiger partial charge in [-0.3, -0.25) is 4.79 Å². The van der Waals surface area contributed by atoms with Gasteiger partial charge in [0.15, 0.2) is 6.61 Å². The van der Waals surface area contributed by atoms with E-state index >= 15 is 0 Å². The van der Waals surface area contributed by atoms with Crippen LogP contribution < -0.4 is 5.32 Å². The molecule has 0 unspecified atom stereocenters. The zero-order valence-electron chi connectivity index (χ0n) is 12.1. The van der Waals surface area contributed by atoms with Crippen molar-refractivity contribution in [2.75, 3.05) is 6.61 Å². The highest BCUT2D eigenvalue weighted by molar-refractivity contribution is 9.10. The second-order valence-electron chi connectivity index (χ2n) is 4.79. The van der Waals surface area contributed by atoms with Crippen LogP contribution in [0, 0.1) is 0 Å². The Morgan fingerprint density at radius 1 is 1.14 bits per heavy atom. The molecule has 2 aromatic rings. The van der Waals surface area contributed by atoms with Crippen LogP contribution in [-0.2, 0) is 9.53 Å². The van der Waals surface area contributed by atoms with Crippen molar-refractivity contribution in [2.24, 2.45) is 0 Å². The number of esters is 1. The summed E-state index contributed by atoms with van der Waals surface area (Å²) in [7, 11) is 0. The molecule has 1 atom stereocenters. The number of rotatable bonds is 5. The summed E-state index contributed by atoms with van der Waals surface area (Å²) in [5, 5.41) is 2.79. The van der Waals surface area contributed by atoms with E-state index < -0.39 is 5.97 Å². The SMILES string of the molecule is C[C@@H](NC(=O)COC(=O)c1cccc(Br)c1)c1ccccc1. The van der Waals surface area contributed by atoms with Gasteiger partial charge in [-0.15, -0.1) is 0 Å². The number of halogens is 1. The molecule has 0 saturated heterocycles. The molecule has 22 heavy (non-hydrogen) atoms. The summed E-state index contributed by atoms with van der Waals surface area (Å²) in [5.41, 5.74) is 1.40. The fourth-order valence-electron chi connectivity index (χ4n) is 1.94. The molecule has 0 bridgehead atoms. The first kappa shape index (κ1) is 16.2. The van der Waals surface area contributed by atoms with Crippen LogP contribution in [0.5, 0.6) is 0 Å². The molecule has 2 rings (SSSR count). The van der Waals surface area contributed by atoms with E-state index in [9.17, 15) is 9.59 Å². The van der Waals surface area contributed by atoms with E-state index in [1.165, 1.54) is 0 Å². The molecule has 1 amide bonds. The lowest BCUT2D eigenvalue weighted by atomic mass is 10.1. The van der Waals surface area contributed by atoms with Gasteiger partial charge in [-0.1, -0.05) is 52.3 Å². The highest BCUT2D eigenvalue weighted by Gasteiger charge is 2.13. The summed E-state index contributed by atoms with van der Waals surface area (Å²) in [5.74, 6) is -0.858. The maximum atomic E-state index is 11.8. The molecule has 5 heteroatoms. The molecular formula is C17H16BrNO3. The molecule has 0 aliphatic heterocycles. The van der Waals surface area contributed by atoms with Crippen molar-refractivity contribution in [3.05, 3.63) is 70.2 Å². The third-order valence-electron chi connectivity index (χ3n) is 3.07. The summed E-state index contributed by atoms with van der Waals surface area (Å²) in [6, 6.07) is 16.3. The minimum atomic E-state index is -0.524. The molecule has 0 saturated carbocycles. The predicted molar refractivity (Wildman–Crippen MR) is 87.4 cm³/mol. The van der Waals surface area contributed by atoms with Gasteiger partial charge in [0, 0.05) is 4.47 Å². The lowest BCUT2D eigenvalue weighted by Gasteiger charge is -2.14. The number of ether oxygens (including phenoxy) is 1. The van der Waals surface area contributed by atoms with E-state index in [0.29, 0.717) is 5.56 Å². The molecule has 0 aromatic heterocycles. The van der Waals surface area contributed by atoms with E-state index in [1.54, 1.807) is 18.2 Å². The molecule has 1 N–H and O–H groups in total. The zero-order valence-corrected chi connectivity index (χ0v) is 13.7. The lowest BCUT2D eigenvalue weighted by Crippen LogP contribution is -2.31. The molecule has 114 valence electrons. The van der Waals surface area contributed by atoms with Crippen LogP contribution in [0.25, 0.3) is 0 Å². The van der Waals surface area contributed by atoms with E-state index in [-0.39, 0.29) is 18.6 Å². The van der Waals surface area contributed by atoms with Crippen LogP contribution in [0.15, 0.2) is 59.1 Å². The van der Waals surface area contributed by atoms with E-state index in [1.807, 2.05) is 43.3 Å². The van der Waals surface area contributed by atoms with Crippen molar-refractivity contribution in [1.29, 1.82) is 0 Å². The third kappa shape index (κ3) is 4.70. The van der Waals surface area contributed by atoms with Crippen molar-refractivity contribution < 1.29 is 14.3 Å². The van der Waals surface area contributed by atoms with Crippen molar-refractivity contribution >= 4 is 27.8 Å². The van der Waals surface area contributed by atoms with E-state index in [0.717, 1.165) is 10.0 Å². The summed E-state index contributed by atoms with van der Waals surface area (Å²) in [6.45, 7) is 1.58. The predicted octanol–water partition coefficient (Wildman–Crippen LogP) is 3.48. The Morgan fingerprint density at radius 3 is 2.55 bits per heavy atom. The van der Waals surface area contributed by atoms with Crippen molar-refractivity contribution in [1.82, 2.24) is 5.32 Å². The van der Waals surface area contributed by atoms with Crippen molar-refractivity contribution in [3.8, 4) is 0 Å². The summed E-state index contributed by atoms with van der Waals surface area (Å²) < 4.78 is 5.79. The molecule has 4 nitrogen and oxygen atoms in total. The monoisotopic (exact) mass is 361 g/mol. The molecule has 0 fully saturated rings. The van der Waals surface area contributed by atoms with Crippen LogP contribution in [0.1, 0.15) is 28.9 Å². The molecule has 0 aliphatic carbocycles. The number of hydrogen-bond donors (Lipinski definition) is 1. The Balaban J connectivity index is 1.84. The standard InChI is InChI=1S/C17H16BrNO3/c1-12(13-6-3-2-4-7-13)19-16(20)11-22-17(21)14-8-5-9-15(18)10-14/h2-10,12H,11H2,1H3,(H,19,20)/t12-/m1/s1. The maximum absolute atomic E-state index is 11.8. The third-order valence-corrected chi connectivity index (χ3v) is 3.56. The second-order valence-corrected chi connectivity index (χ2v) is 5.70. The lowest BCUT2D eigenvalue weighted by molar-refractivity contribution is -0.124. The normalized spacial score (nSPS) is 11.5. The molecule has 2 aromatic carbocycles. The van der Waals surface area contributed by atoms with Crippen LogP contribution in [-0.4, -0.2) is 18.5 Å². The number of carbonyl (C=O) groups is 2. The average molecular weight is 362 g/mol. The van der Waals surface area contributed by atoms with Gasteiger partial charge >= 0.3 is 5.97 Å². The van der Waals surface area contributed by atoms with Gasteiger partial charge in [-0.2, -0.15) is 0 Å². The zero-order chi connectivity index (χ0) is 15.9. The van der Waals surface area contributed by atoms with E-state index in [4.69, 9.17) is 4.74 Å². The smallest absolute Gasteiger partial charge is 0.338 e. The average Bonchev–Trinajstić information content (AvgIpc) is 2.53. The molecule has 0 spiro atoms. The van der Waals surface area contributed by atoms with E-state index in [2.05, 4.69) is 21.2 Å². The minimum Gasteiger partial charge on any atom is -0.452 e. The summed E-state index contributed by atoms with van der Waals surface area (Å²) in [6.07, 6.45) is 0. The highest BCUT2D eigenvalue weighted by Crippen LogP contribution is 2.13. The quantitative estimate of drug-likeness (QED) is 0.829. The van der Waals surface area contributed by atoms with Crippen LogP contribution >= 0.6 is 15.9 Å². The summed E-state index contributed by atoms with van der Waals surface area (Å²) in [4.78, 5) is 23.7. The fraction of sp³-hybridized carbons (Fsp3) is 0.176. The summed E-state index contributed by atoms with van der Waals surface area (Å²) >= 11 is 3.28. The van der Waals surface area contributed by atoms with Gasteiger partial charge in [-0.05, 0) is 30.7 Å². The first-order chi connectivity index (χ1) is 10.6. The molecule has 0 heterocycles. The largest absolute Gasteiger partial charge is 0.452 e. The Kier molecular flexibility index (Phi) is 5.72. The van der Waals surface area contributed by atoms with Crippen LogP contribution in [0.2, 0.25) is 0 Å². The first-order valence-electron chi connectivity index (χ1n) is 6.83. The fourth-order valence-corrected chi connectivity index (χ4v) is 2.34. The minimum absolute atomic E-state index is 0.140. The number of amides is 1. The number of carbonyl (C=O) groups excluding carboxylic acids is 2. The molecule has 0 radical (unpaired) electrons. The molecular weight excluding hydrogens is 346 g/mol. The van der Waals surface area contributed by atoms with Gasteiger partial charge in [0.1, 0.15) is 0 Å². The first-order valence-corrected chi connectivity index (χ1v) is 7.62. The van der Waals surface area contributed by atoms with Crippen LogP contribution in [0.4, 0.5) is 0 Å². The maximum Gasteiger partial charge on any atom is 0.338 e. The Hall–Kier alpha value is -2.14.